The standard InChI is InChI=1S/C13H19NO3/c1-3-11(9-15)14-13(16)8-10-5-4-6-12(7-10)17-2/h4-7,11,15H,3,8-9H2,1-2H3,(H,14,16)/t11-/m0/s1. The molecule has 0 fully saturated rings. The SMILES string of the molecule is CC[C@@H](CO)NC(=O)Cc1cccc(OC)c1. The first kappa shape index (κ1) is 13.5. The van der Waals surface area contributed by atoms with E-state index < -0.39 is 0 Å². The van der Waals surface area contributed by atoms with Crippen molar-refractivity contribution < 1.29 is 14.6 Å². The lowest BCUT2D eigenvalue weighted by atomic mass is 10.1. The van der Waals surface area contributed by atoms with E-state index in [1.54, 1.807) is 7.11 Å². The summed E-state index contributed by atoms with van der Waals surface area (Å²) in [6.07, 6.45) is 1.02. The predicted molar refractivity (Wildman–Crippen MR) is 66.0 cm³/mol. The van der Waals surface area contributed by atoms with Crippen LogP contribution in [-0.4, -0.2) is 30.8 Å². The Balaban J connectivity index is 2.55. The average Bonchev–Trinajstić information content (AvgIpc) is 2.36. The number of amides is 1. The van der Waals surface area contributed by atoms with E-state index in [1.807, 2.05) is 31.2 Å². The quantitative estimate of drug-likeness (QED) is 0.779. The third kappa shape index (κ3) is 4.44. The molecule has 0 unspecified atom stereocenters. The van der Waals surface area contributed by atoms with Crippen LogP contribution in [0.5, 0.6) is 5.75 Å². The monoisotopic (exact) mass is 237 g/mol. The number of aliphatic hydroxyl groups is 1. The molecule has 0 heterocycles. The first-order valence-corrected chi connectivity index (χ1v) is 5.72. The molecule has 94 valence electrons. The first-order chi connectivity index (χ1) is 8.19. The Morgan fingerprint density at radius 3 is 2.88 bits per heavy atom. The van der Waals surface area contributed by atoms with Crippen LogP contribution in [0.3, 0.4) is 0 Å². The number of methoxy groups -OCH3 is 1. The fraction of sp³-hybridized carbons (Fsp3) is 0.462. The Morgan fingerprint density at radius 2 is 2.29 bits per heavy atom. The lowest BCUT2D eigenvalue weighted by Crippen LogP contribution is -2.37. The third-order valence-corrected chi connectivity index (χ3v) is 2.58. The molecule has 0 saturated heterocycles. The van der Waals surface area contributed by atoms with Gasteiger partial charge in [0.1, 0.15) is 5.75 Å². The van der Waals surface area contributed by atoms with Crippen molar-refractivity contribution in [3.63, 3.8) is 0 Å². The van der Waals surface area contributed by atoms with E-state index in [4.69, 9.17) is 9.84 Å². The van der Waals surface area contributed by atoms with Gasteiger partial charge in [-0.25, -0.2) is 0 Å². The molecule has 0 aliphatic heterocycles. The zero-order valence-corrected chi connectivity index (χ0v) is 10.3. The molecular formula is C13H19NO3. The van der Waals surface area contributed by atoms with Gasteiger partial charge in [-0.15, -0.1) is 0 Å². The van der Waals surface area contributed by atoms with Gasteiger partial charge in [-0.3, -0.25) is 4.79 Å². The predicted octanol–water partition coefficient (Wildman–Crippen LogP) is 1.12. The molecule has 0 aliphatic rings. The van der Waals surface area contributed by atoms with Crippen molar-refractivity contribution in [2.24, 2.45) is 0 Å². The van der Waals surface area contributed by atoms with E-state index in [0.29, 0.717) is 6.42 Å². The number of aliphatic hydroxyl groups excluding tert-OH is 1. The largest absolute Gasteiger partial charge is 0.497 e. The summed E-state index contributed by atoms with van der Waals surface area (Å²) < 4.78 is 5.09. The van der Waals surface area contributed by atoms with Crippen molar-refractivity contribution in [3.8, 4) is 5.75 Å². The van der Waals surface area contributed by atoms with Crippen molar-refractivity contribution in [2.75, 3.05) is 13.7 Å². The van der Waals surface area contributed by atoms with Crippen LogP contribution in [0.15, 0.2) is 24.3 Å². The number of carbonyl (C=O) groups is 1. The topological polar surface area (TPSA) is 58.6 Å². The van der Waals surface area contributed by atoms with Gasteiger partial charge in [0.25, 0.3) is 0 Å². The van der Waals surface area contributed by atoms with Gasteiger partial charge in [-0.05, 0) is 24.1 Å². The maximum absolute atomic E-state index is 11.7. The summed E-state index contributed by atoms with van der Waals surface area (Å²) in [5.74, 6) is 0.656. The van der Waals surface area contributed by atoms with E-state index in [0.717, 1.165) is 17.7 Å². The highest BCUT2D eigenvalue weighted by atomic mass is 16.5. The highest BCUT2D eigenvalue weighted by Gasteiger charge is 2.09. The molecule has 0 aliphatic carbocycles. The lowest BCUT2D eigenvalue weighted by Gasteiger charge is -2.14. The maximum atomic E-state index is 11.7. The van der Waals surface area contributed by atoms with Gasteiger partial charge in [-0.2, -0.15) is 0 Å². The molecule has 0 bridgehead atoms. The minimum absolute atomic E-state index is 0.0274. The van der Waals surface area contributed by atoms with Crippen molar-refractivity contribution in [3.05, 3.63) is 29.8 Å². The van der Waals surface area contributed by atoms with Crippen LogP contribution in [0.1, 0.15) is 18.9 Å². The molecule has 0 aromatic heterocycles. The molecule has 4 heteroatoms. The van der Waals surface area contributed by atoms with Gasteiger partial charge in [0.2, 0.25) is 5.91 Å². The Bertz CT molecular complexity index is 361. The zero-order valence-electron chi connectivity index (χ0n) is 10.3. The Morgan fingerprint density at radius 1 is 1.53 bits per heavy atom. The van der Waals surface area contributed by atoms with Crippen LogP contribution >= 0.6 is 0 Å². The number of rotatable bonds is 6. The van der Waals surface area contributed by atoms with E-state index in [-0.39, 0.29) is 18.6 Å². The molecule has 1 rings (SSSR count). The minimum Gasteiger partial charge on any atom is -0.497 e. The molecule has 1 aromatic carbocycles. The van der Waals surface area contributed by atoms with Gasteiger partial charge in [0.05, 0.1) is 26.2 Å². The van der Waals surface area contributed by atoms with Gasteiger partial charge >= 0.3 is 0 Å². The third-order valence-electron chi connectivity index (χ3n) is 2.58. The van der Waals surface area contributed by atoms with Crippen LogP contribution < -0.4 is 10.1 Å². The van der Waals surface area contributed by atoms with Gasteiger partial charge in [0, 0.05) is 0 Å². The summed E-state index contributed by atoms with van der Waals surface area (Å²) in [6, 6.07) is 7.24. The molecule has 17 heavy (non-hydrogen) atoms. The van der Waals surface area contributed by atoms with Gasteiger partial charge in [0.15, 0.2) is 0 Å². The number of ether oxygens (including phenoxy) is 1. The summed E-state index contributed by atoms with van der Waals surface area (Å²) in [6.45, 7) is 1.90. The van der Waals surface area contributed by atoms with Crippen molar-refractivity contribution >= 4 is 5.91 Å². The number of nitrogens with one attached hydrogen (secondary N) is 1. The molecule has 1 atom stereocenters. The van der Waals surface area contributed by atoms with Crippen molar-refractivity contribution in [1.82, 2.24) is 5.32 Å². The average molecular weight is 237 g/mol. The normalized spacial score (nSPS) is 11.9. The van der Waals surface area contributed by atoms with Crippen LogP contribution in [0.2, 0.25) is 0 Å². The molecule has 0 spiro atoms. The second-order valence-electron chi connectivity index (χ2n) is 3.88. The van der Waals surface area contributed by atoms with Crippen LogP contribution in [-0.2, 0) is 11.2 Å². The molecule has 0 saturated carbocycles. The zero-order chi connectivity index (χ0) is 12.7. The maximum Gasteiger partial charge on any atom is 0.224 e. The van der Waals surface area contributed by atoms with E-state index in [1.165, 1.54) is 0 Å². The van der Waals surface area contributed by atoms with E-state index in [2.05, 4.69) is 5.32 Å². The smallest absolute Gasteiger partial charge is 0.224 e. The molecule has 1 aromatic rings. The fourth-order valence-electron chi connectivity index (χ4n) is 1.52. The summed E-state index contributed by atoms with van der Waals surface area (Å²) in [7, 11) is 1.60. The molecule has 1 amide bonds. The van der Waals surface area contributed by atoms with Crippen molar-refractivity contribution in [1.29, 1.82) is 0 Å². The molecule has 4 nitrogen and oxygen atoms in total. The molecule has 2 N–H and O–H groups in total. The lowest BCUT2D eigenvalue weighted by molar-refractivity contribution is -0.121. The van der Waals surface area contributed by atoms with E-state index >= 15 is 0 Å². The van der Waals surface area contributed by atoms with Crippen molar-refractivity contribution in [2.45, 2.75) is 25.8 Å². The number of hydrogen-bond donors (Lipinski definition) is 2. The summed E-state index contributed by atoms with van der Waals surface area (Å²) >= 11 is 0. The highest BCUT2D eigenvalue weighted by Crippen LogP contribution is 2.12. The fourth-order valence-corrected chi connectivity index (χ4v) is 1.52. The second-order valence-corrected chi connectivity index (χ2v) is 3.88. The number of carbonyl (C=O) groups excluding carboxylic acids is 1. The molecular weight excluding hydrogens is 218 g/mol. The first-order valence-electron chi connectivity index (χ1n) is 5.72. The van der Waals surface area contributed by atoms with Crippen LogP contribution in [0.25, 0.3) is 0 Å². The Hall–Kier alpha value is -1.55. The van der Waals surface area contributed by atoms with Gasteiger partial charge < -0.3 is 15.2 Å². The number of hydrogen-bond acceptors (Lipinski definition) is 3. The Labute approximate surface area is 102 Å². The minimum atomic E-state index is -0.159. The van der Waals surface area contributed by atoms with Crippen LogP contribution in [0, 0.1) is 0 Å². The summed E-state index contributed by atoms with van der Waals surface area (Å²) in [5, 5.41) is 11.8. The second kappa shape index (κ2) is 6.91. The summed E-state index contributed by atoms with van der Waals surface area (Å²) in [5.41, 5.74) is 0.898. The number of benzene rings is 1. The highest BCUT2D eigenvalue weighted by molar-refractivity contribution is 5.78. The van der Waals surface area contributed by atoms with Crippen LogP contribution in [0.4, 0.5) is 0 Å². The van der Waals surface area contributed by atoms with E-state index in [9.17, 15) is 4.79 Å². The van der Waals surface area contributed by atoms with Gasteiger partial charge in [-0.1, -0.05) is 19.1 Å². The molecule has 0 radical (unpaired) electrons. The Kier molecular flexibility index (Phi) is 5.49. The summed E-state index contributed by atoms with van der Waals surface area (Å²) in [4.78, 5) is 11.7.